The van der Waals surface area contributed by atoms with E-state index in [1.807, 2.05) is 13.8 Å². The van der Waals surface area contributed by atoms with Crippen LogP contribution >= 0.6 is 15.9 Å². The van der Waals surface area contributed by atoms with Crippen molar-refractivity contribution in [2.45, 2.75) is 20.8 Å². The molecule has 0 amide bonds. The highest BCUT2D eigenvalue weighted by atomic mass is 79.9. The van der Waals surface area contributed by atoms with E-state index >= 15 is 0 Å². The van der Waals surface area contributed by atoms with Crippen LogP contribution in [0.25, 0.3) is 5.95 Å². The number of halogens is 1. The van der Waals surface area contributed by atoms with E-state index < -0.39 is 0 Å². The predicted molar refractivity (Wildman–Crippen MR) is 73.6 cm³/mol. The largest absolute Gasteiger partial charge is 0.409 e. The number of amidine groups is 1. The van der Waals surface area contributed by atoms with E-state index in [-0.39, 0.29) is 5.84 Å². The van der Waals surface area contributed by atoms with Crippen LogP contribution in [0.3, 0.4) is 0 Å². The van der Waals surface area contributed by atoms with Gasteiger partial charge in [-0.2, -0.15) is 5.10 Å². The van der Waals surface area contributed by atoms with E-state index in [4.69, 9.17) is 10.9 Å². The molecule has 2 aromatic rings. The zero-order valence-electron chi connectivity index (χ0n) is 10.7. The minimum Gasteiger partial charge on any atom is -0.409 e. The first-order valence-corrected chi connectivity index (χ1v) is 6.29. The first-order valence-electron chi connectivity index (χ1n) is 5.49. The van der Waals surface area contributed by atoms with Gasteiger partial charge in [0.15, 0.2) is 5.84 Å². The summed E-state index contributed by atoms with van der Waals surface area (Å²) < 4.78 is 2.52. The molecule has 8 heteroatoms. The number of oxime groups is 1. The average molecular weight is 325 g/mol. The number of hydrogen-bond acceptors (Lipinski definition) is 5. The van der Waals surface area contributed by atoms with Crippen molar-refractivity contribution in [1.29, 1.82) is 0 Å². The SMILES string of the molecule is Cc1cc(/C(N)=N/O)nc(-n2nc(C)c(Br)c2C)n1. The van der Waals surface area contributed by atoms with Crippen molar-refractivity contribution >= 4 is 21.8 Å². The molecule has 19 heavy (non-hydrogen) atoms. The number of aryl methyl sites for hydroxylation is 2. The van der Waals surface area contributed by atoms with Crippen molar-refractivity contribution in [2.75, 3.05) is 0 Å². The maximum absolute atomic E-state index is 8.72. The fourth-order valence-electron chi connectivity index (χ4n) is 1.65. The molecule has 0 fully saturated rings. The topological polar surface area (TPSA) is 102 Å². The van der Waals surface area contributed by atoms with Crippen LogP contribution in [0.4, 0.5) is 0 Å². The summed E-state index contributed by atoms with van der Waals surface area (Å²) in [6.07, 6.45) is 0. The highest BCUT2D eigenvalue weighted by molar-refractivity contribution is 9.10. The van der Waals surface area contributed by atoms with Crippen LogP contribution in [0, 0.1) is 20.8 Å². The maximum Gasteiger partial charge on any atom is 0.251 e. The molecule has 7 nitrogen and oxygen atoms in total. The molecule has 0 aliphatic carbocycles. The molecule has 0 bridgehead atoms. The third-order valence-electron chi connectivity index (χ3n) is 2.61. The molecule has 0 aliphatic rings. The molecule has 0 saturated heterocycles. The Balaban J connectivity index is 2.62. The molecule has 0 aliphatic heterocycles. The van der Waals surface area contributed by atoms with Gasteiger partial charge in [-0.25, -0.2) is 14.6 Å². The van der Waals surface area contributed by atoms with Crippen LogP contribution in [-0.4, -0.2) is 30.8 Å². The number of hydrogen-bond donors (Lipinski definition) is 2. The molecule has 0 unspecified atom stereocenters. The highest BCUT2D eigenvalue weighted by Gasteiger charge is 2.14. The summed E-state index contributed by atoms with van der Waals surface area (Å²) in [5, 5.41) is 16.0. The van der Waals surface area contributed by atoms with Crippen LogP contribution in [0.2, 0.25) is 0 Å². The molecule has 0 radical (unpaired) electrons. The van der Waals surface area contributed by atoms with E-state index in [9.17, 15) is 0 Å². The number of rotatable bonds is 2. The predicted octanol–water partition coefficient (Wildman–Crippen LogP) is 1.44. The van der Waals surface area contributed by atoms with E-state index in [0.29, 0.717) is 17.3 Å². The maximum atomic E-state index is 8.72. The zero-order valence-corrected chi connectivity index (χ0v) is 12.3. The van der Waals surface area contributed by atoms with Gasteiger partial charge in [-0.1, -0.05) is 5.16 Å². The summed E-state index contributed by atoms with van der Waals surface area (Å²) in [7, 11) is 0. The Morgan fingerprint density at radius 1 is 1.37 bits per heavy atom. The number of aromatic nitrogens is 4. The van der Waals surface area contributed by atoms with E-state index in [2.05, 4.69) is 36.2 Å². The third kappa shape index (κ3) is 2.43. The summed E-state index contributed by atoms with van der Waals surface area (Å²) in [5.74, 6) is 0.320. The Hall–Kier alpha value is -1.96. The van der Waals surface area contributed by atoms with Gasteiger partial charge in [0.25, 0.3) is 5.95 Å². The van der Waals surface area contributed by atoms with Crippen LogP contribution in [0.15, 0.2) is 15.7 Å². The Bertz CT molecular complexity index is 663. The fourth-order valence-corrected chi connectivity index (χ4v) is 1.90. The van der Waals surface area contributed by atoms with Gasteiger partial charge < -0.3 is 10.9 Å². The van der Waals surface area contributed by atoms with Gasteiger partial charge >= 0.3 is 0 Å². The van der Waals surface area contributed by atoms with Crippen molar-refractivity contribution in [3.05, 3.63) is 33.3 Å². The molecule has 2 rings (SSSR count). The van der Waals surface area contributed by atoms with Gasteiger partial charge in [0.1, 0.15) is 5.69 Å². The summed E-state index contributed by atoms with van der Waals surface area (Å²) in [6.45, 7) is 5.59. The van der Waals surface area contributed by atoms with Gasteiger partial charge in [0.2, 0.25) is 0 Å². The van der Waals surface area contributed by atoms with Crippen LogP contribution in [0.5, 0.6) is 0 Å². The summed E-state index contributed by atoms with van der Waals surface area (Å²) in [5.41, 5.74) is 8.34. The van der Waals surface area contributed by atoms with Gasteiger partial charge in [0.05, 0.1) is 15.9 Å². The van der Waals surface area contributed by atoms with E-state index in [0.717, 1.165) is 15.9 Å². The normalized spacial score (nSPS) is 11.9. The smallest absolute Gasteiger partial charge is 0.251 e. The molecule has 100 valence electrons. The Kier molecular flexibility index (Phi) is 3.52. The number of nitrogens with zero attached hydrogens (tertiary/aromatic N) is 5. The van der Waals surface area contributed by atoms with Gasteiger partial charge in [-0.15, -0.1) is 0 Å². The van der Waals surface area contributed by atoms with E-state index in [1.165, 1.54) is 0 Å². The molecule has 0 aromatic carbocycles. The van der Waals surface area contributed by atoms with Crippen molar-refractivity contribution in [3.63, 3.8) is 0 Å². The Morgan fingerprint density at radius 2 is 2.05 bits per heavy atom. The van der Waals surface area contributed by atoms with Crippen LogP contribution in [-0.2, 0) is 0 Å². The Labute approximate surface area is 118 Å². The summed E-state index contributed by atoms with van der Waals surface area (Å²) >= 11 is 3.45. The van der Waals surface area contributed by atoms with Crippen molar-refractivity contribution in [1.82, 2.24) is 19.7 Å². The molecule has 2 heterocycles. The summed E-state index contributed by atoms with van der Waals surface area (Å²) in [4.78, 5) is 8.55. The average Bonchev–Trinajstić information content (AvgIpc) is 2.65. The van der Waals surface area contributed by atoms with Crippen LogP contribution in [0.1, 0.15) is 22.8 Å². The second-order valence-electron chi connectivity index (χ2n) is 4.08. The summed E-state index contributed by atoms with van der Waals surface area (Å²) in [6, 6.07) is 1.64. The molecule has 2 aromatic heterocycles. The molecule has 0 spiro atoms. The number of nitrogens with two attached hydrogens (primary N) is 1. The quantitative estimate of drug-likeness (QED) is 0.376. The van der Waals surface area contributed by atoms with Crippen molar-refractivity contribution in [2.24, 2.45) is 10.9 Å². The molecule has 0 atom stereocenters. The Morgan fingerprint density at radius 3 is 2.58 bits per heavy atom. The third-order valence-corrected chi connectivity index (χ3v) is 3.75. The van der Waals surface area contributed by atoms with Gasteiger partial charge in [0, 0.05) is 5.69 Å². The second kappa shape index (κ2) is 4.96. The van der Waals surface area contributed by atoms with E-state index in [1.54, 1.807) is 17.7 Å². The molecule has 3 N–H and O–H groups in total. The lowest BCUT2D eigenvalue weighted by Gasteiger charge is -2.06. The minimum atomic E-state index is -0.0626. The monoisotopic (exact) mass is 324 g/mol. The lowest BCUT2D eigenvalue weighted by molar-refractivity contribution is 0.318. The first-order chi connectivity index (χ1) is 8.93. The fraction of sp³-hybridized carbons (Fsp3) is 0.273. The zero-order chi connectivity index (χ0) is 14.2. The lowest BCUT2D eigenvalue weighted by Crippen LogP contribution is -2.18. The molecular weight excluding hydrogens is 312 g/mol. The second-order valence-corrected chi connectivity index (χ2v) is 4.87. The standard InChI is InChI=1S/C11H13BrN6O/c1-5-4-8(10(13)17-19)15-11(14-5)18-7(3)9(12)6(2)16-18/h4,19H,1-3H3,(H2,13,17). The highest BCUT2D eigenvalue weighted by Crippen LogP contribution is 2.21. The van der Waals surface area contributed by atoms with Crippen molar-refractivity contribution in [3.8, 4) is 5.95 Å². The molecular formula is C11H13BrN6O. The lowest BCUT2D eigenvalue weighted by atomic mass is 10.3. The van der Waals surface area contributed by atoms with Crippen LogP contribution < -0.4 is 5.73 Å². The first kappa shape index (κ1) is 13.5. The molecule has 0 saturated carbocycles. The van der Waals surface area contributed by atoms with Gasteiger partial charge in [-0.3, -0.25) is 0 Å². The van der Waals surface area contributed by atoms with Gasteiger partial charge in [-0.05, 0) is 42.8 Å². The minimum absolute atomic E-state index is 0.0626. The van der Waals surface area contributed by atoms with Crippen molar-refractivity contribution < 1.29 is 5.21 Å².